The molecule has 2 aromatic heterocycles. The van der Waals surface area contributed by atoms with E-state index >= 15 is 0 Å². The highest BCUT2D eigenvalue weighted by atomic mass is 16.6. The van der Waals surface area contributed by atoms with E-state index in [4.69, 9.17) is 13.7 Å². The summed E-state index contributed by atoms with van der Waals surface area (Å²) in [7, 11) is 1.13. The van der Waals surface area contributed by atoms with Gasteiger partial charge in [-0.3, -0.25) is 10.1 Å². The maximum absolute atomic E-state index is 12.2. The third-order valence-electron chi connectivity index (χ3n) is 3.46. The summed E-state index contributed by atoms with van der Waals surface area (Å²) in [6, 6.07) is 8.05. The average molecular weight is 372 g/mol. The number of aromatic nitrogens is 1. The number of carbonyl (C=O) groups excluding carboxylic acids is 2. The number of benzene rings is 1. The molecule has 0 amide bonds. The molecule has 0 fully saturated rings. The molecule has 3 rings (SSSR count). The second kappa shape index (κ2) is 7.52. The van der Waals surface area contributed by atoms with Crippen LogP contribution in [0.15, 0.2) is 51.6 Å². The van der Waals surface area contributed by atoms with Crippen LogP contribution >= 0.6 is 0 Å². The van der Waals surface area contributed by atoms with Crippen molar-refractivity contribution in [1.82, 2.24) is 5.16 Å². The van der Waals surface area contributed by atoms with Gasteiger partial charge in [0.25, 0.3) is 5.69 Å². The van der Waals surface area contributed by atoms with Crippen LogP contribution < -0.4 is 0 Å². The molecule has 10 heteroatoms. The molecule has 1 aromatic carbocycles. The topological polar surface area (TPSA) is 135 Å². The Morgan fingerprint density at radius 3 is 2.52 bits per heavy atom. The van der Waals surface area contributed by atoms with Crippen LogP contribution in [0.3, 0.4) is 0 Å². The van der Waals surface area contributed by atoms with E-state index in [9.17, 15) is 19.7 Å². The number of hydrogen-bond acceptors (Lipinski definition) is 9. The molecule has 27 heavy (non-hydrogen) atoms. The molecular weight excluding hydrogens is 360 g/mol. The summed E-state index contributed by atoms with van der Waals surface area (Å²) in [5.41, 5.74) is -0.431. The molecule has 138 valence electrons. The maximum atomic E-state index is 12.2. The molecule has 0 spiro atoms. The molecule has 0 radical (unpaired) electrons. The predicted molar refractivity (Wildman–Crippen MR) is 87.8 cm³/mol. The number of nitro benzene ring substituents is 1. The van der Waals surface area contributed by atoms with Crippen molar-refractivity contribution < 1.29 is 32.9 Å². The molecule has 0 aliphatic heterocycles. The minimum absolute atomic E-state index is 0.139. The third-order valence-corrected chi connectivity index (χ3v) is 3.46. The second-order valence-corrected chi connectivity index (χ2v) is 5.25. The van der Waals surface area contributed by atoms with Crippen molar-refractivity contribution in [2.75, 3.05) is 7.11 Å². The number of methoxy groups -OCH3 is 1. The lowest BCUT2D eigenvalue weighted by Crippen LogP contribution is -2.09. The van der Waals surface area contributed by atoms with Gasteiger partial charge >= 0.3 is 11.9 Å². The highest BCUT2D eigenvalue weighted by Crippen LogP contribution is 2.22. The first-order valence-corrected chi connectivity index (χ1v) is 7.52. The lowest BCUT2D eigenvalue weighted by Gasteiger charge is -2.05. The smallest absolute Gasteiger partial charge is 0.338 e. The van der Waals surface area contributed by atoms with E-state index in [1.165, 1.54) is 12.3 Å². The van der Waals surface area contributed by atoms with Gasteiger partial charge < -0.3 is 18.4 Å². The van der Waals surface area contributed by atoms with Crippen LogP contribution in [-0.2, 0) is 16.1 Å². The Kier molecular flexibility index (Phi) is 4.97. The molecule has 0 aliphatic carbocycles. The van der Waals surface area contributed by atoms with Gasteiger partial charge in [0, 0.05) is 18.2 Å². The molecule has 2 heterocycles. The summed E-state index contributed by atoms with van der Waals surface area (Å²) < 4.78 is 19.8. The van der Waals surface area contributed by atoms with Gasteiger partial charge in [0.1, 0.15) is 12.3 Å². The molecule has 0 atom stereocenters. The minimum atomic E-state index is -0.869. The summed E-state index contributed by atoms with van der Waals surface area (Å²) in [6.45, 7) is -0.237. The number of esters is 2. The molecule has 10 nitrogen and oxygen atoms in total. The van der Waals surface area contributed by atoms with E-state index in [2.05, 4.69) is 9.89 Å². The first-order valence-electron chi connectivity index (χ1n) is 7.52. The number of ether oxygens (including phenoxy) is 2. The molecule has 0 aliphatic rings. The van der Waals surface area contributed by atoms with Gasteiger partial charge in [-0.1, -0.05) is 5.16 Å². The number of rotatable bonds is 6. The van der Waals surface area contributed by atoms with Crippen LogP contribution in [0.1, 0.15) is 26.4 Å². The first kappa shape index (κ1) is 17.9. The Bertz CT molecular complexity index is 990. The molecular formula is C17H12N2O8. The van der Waals surface area contributed by atoms with Gasteiger partial charge in [0.15, 0.2) is 5.76 Å². The lowest BCUT2D eigenvalue weighted by atomic mass is 10.1. The quantitative estimate of drug-likeness (QED) is 0.363. The van der Waals surface area contributed by atoms with Crippen molar-refractivity contribution in [3.05, 3.63) is 69.6 Å². The standard InChI is InChI=1S/C17H12N2O8/c1-24-16(20)10-5-11(7-13(6-10)19(22)23)17(21)26-9-12-8-15(27-18-12)14-3-2-4-25-14/h2-8H,9H2,1H3. The van der Waals surface area contributed by atoms with Crippen molar-refractivity contribution in [1.29, 1.82) is 0 Å². The number of furan rings is 1. The number of nitro groups is 1. The number of nitrogens with zero attached hydrogens (tertiary/aromatic N) is 2. The largest absolute Gasteiger partial charge is 0.465 e. The van der Waals surface area contributed by atoms with Gasteiger partial charge in [-0.25, -0.2) is 9.59 Å². The highest BCUT2D eigenvalue weighted by molar-refractivity contribution is 5.96. The lowest BCUT2D eigenvalue weighted by molar-refractivity contribution is -0.384. The Hall–Kier alpha value is -3.95. The van der Waals surface area contributed by atoms with Gasteiger partial charge in [-0.05, 0) is 18.2 Å². The predicted octanol–water partition coefficient (Wildman–Crippen LogP) is 2.99. The van der Waals surface area contributed by atoms with E-state index in [1.807, 2.05) is 0 Å². The number of carbonyl (C=O) groups is 2. The SMILES string of the molecule is COC(=O)c1cc(C(=O)OCc2cc(-c3ccco3)on2)cc([N+](=O)[O-])c1. The van der Waals surface area contributed by atoms with Gasteiger partial charge in [0.2, 0.25) is 5.76 Å². The van der Waals surface area contributed by atoms with Crippen LogP contribution in [0.25, 0.3) is 11.5 Å². The molecule has 0 saturated heterocycles. The summed E-state index contributed by atoms with van der Waals surface area (Å²) in [5, 5.41) is 14.8. The summed E-state index contributed by atoms with van der Waals surface area (Å²) in [6.07, 6.45) is 1.47. The zero-order chi connectivity index (χ0) is 19.4. The van der Waals surface area contributed by atoms with Crippen molar-refractivity contribution in [2.24, 2.45) is 0 Å². The van der Waals surface area contributed by atoms with Crippen molar-refractivity contribution in [3.63, 3.8) is 0 Å². The first-order chi connectivity index (χ1) is 13.0. The molecule has 3 aromatic rings. The van der Waals surface area contributed by atoms with Crippen LogP contribution in [0.2, 0.25) is 0 Å². The van der Waals surface area contributed by atoms with Gasteiger partial charge in [-0.15, -0.1) is 0 Å². The Balaban J connectivity index is 1.75. The molecule has 0 bridgehead atoms. The van der Waals surface area contributed by atoms with E-state index in [-0.39, 0.29) is 17.7 Å². The normalized spacial score (nSPS) is 10.4. The van der Waals surface area contributed by atoms with Crippen molar-refractivity contribution >= 4 is 17.6 Å². The maximum Gasteiger partial charge on any atom is 0.338 e. The average Bonchev–Trinajstić information content (AvgIpc) is 3.36. The number of non-ortho nitro benzene ring substituents is 1. The van der Waals surface area contributed by atoms with Gasteiger partial charge in [0.05, 0.1) is 29.4 Å². The zero-order valence-electron chi connectivity index (χ0n) is 13.9. The highest BCUT2D eigenvalue weighted by Gasteiger charge is 2.20. The Morgan fingerprint density at radius 1 is 1.15 bits per heavy atom. The second-order valence-electron chi connectivity index (χ2n) is 5.25. The van der Waals surface area contributed by atoms with E-state index in [1.54, 1.807) is 12.1 Å². The minimum Gasteiger partial charge on any atom is -0.465 e. The van der Waals surface area contributed by atoms with E-state index < -0.39 is 22.5 Å². The monoisotopic (exact) mass is 372 g/mol. The van der Waals surface area contributed by atoms with E-state index in [0.29, 0.717) is 17.2 Å². The Labute approximate surface area is 151 Å². The van der Waals surface area contributed by atoms with E-state index in [0.717, 1.165) is 25.3 Å². The van der Waals surface area contributed by atoms with Crippen LogP contribution in [-0.4, -0.2) is 29.1 Å². The van der Waals surface area contributed by atoms with Crippen LogP contribution in [0.5, 0.6) is 0 Å². The zero-order valence-corrected chi connectivity index (χ0v) is 13.9. The summed E-state index contributed by atoms with van der Waals surface area (Å²) in [5.74, 6) is -0.866. The van der Waals surface area contributed by atoms with Crippen molar-refractivity contribution in [3.8, 4) is 11.5 Å². The van der Waals surface area contributed by atoms with Crippen LogP contribution in [0.4, 0.5) is 5.69 Å². The van der Waals surface area contributed by atoms with Gasteiger partial charge in [-0.2, -0.15) is 0 Å². The third kappa shape index (κ3) is 4.00. The number of hydrogen-bond donors (Lipinski definition) is 0. The fourth-order valence-electron chi connectivity index (χ4n) is 2.21. The molecule has 0 unspecified atom stereocenters. The Morgan fingerprint density at radius 2 is 1.89 bits per heavy atom. The fraction of sp³-hybridized carbons (Fsp3) is 0.118. The fourth-order valence-corrected chi connectivity index (χ4v) is 2.21. The molecule has 0 N–H and O–H groups in total. The molecule has 0 saturated carbocycles. The summed E-state index contributed by atoms with van der Waals surface area (Å²) in [4.78, 5) is 34.1. The summed E-state index contributed by atoms with van der Waals surface area (Å²) >= 11 is 0. The van der Waals surface area contributed by atoms with Crippen molar-refractivity contribution in [2.45, 2.75) is 6.61 Å². The van der Waals surface area contributed by atoms with Crippen LogP contribution in [0, 0.1) is 10.1 Å².